The number of hydrogen-bond acceptors (Lipinski definition) is 3. The molecule has 2 N–H and O–H groups in total. The van der Waals surface area contributed by atoms with E-state index in [-0.39, 0.29) is 11.6 Å². The Morgan fingerprint density at radius 2 is 2.09 bits per heavy atom. The van der Waals surface area contributed by atoms with Crippen molar-refractivity contribution in [3.8, 4) is 0 Å². The molecule has 2 atom stereocenters. The molecule has 1 aliphatic heterocycles. The molecule has 124 valence electrons. The number of piperidine rings is 1. The Kier molecular flexibility index (Phi) is 4.01. The lowest BCUT2D eigenvalue weighted by molar-refractivity contribution is -0.934. The second-order valence-corrected chi connectivity index (χ2v) is 8.51. The Morgan fingerprint density at radius 1 is 1.30 bits per heavy atom. The van der Waals surface area contributed by atoms with Gasteiger partial charge in [0.25, 0.3) is 5.56 Å². The summed E-state index contributed by atoms with van der Waals surface area (Å²) in [6, 6.07) is 0.283. The lowest BCUT2D eigenvalue weighted by Gasteiger charge is -2.28. The normalized spacial score (nSPS) is 23.8. The molecule has 23 heavy (non-hydrogen) atoms. The van der Waals surface area contributed by atoms with Gasteiger partial charge in [0.15, 0.2) is 5.82 Å². The Morgan fingerprint density at radius 3 is 2.87 bits per heavy atom. The molecule has 4 nitrogen and oxygen atoms in total. The van der Waals surface area contributed by atoms with E-state index in [4.69, 9.17) is 4.98 Å². The van der Waals surface area contributed by atoms with Gasteiger partial charge in [0.05, 0.1) is 18.5 Å². The van der Waals surface area contributed by atoms with Crippen molar-refractivity contribution in [2.24, 2.45) is 5.92 Å². The number of quaternary nitrogens is 1. The zero-order valence-corrected chi connectivity index (χ0v) is 14.9. The van der Waals surface area contributed by atoms with Gasteiger partial charge in [0, 0.05) is 4.88 Å². The summed E-state index contributed by atoms with van der Waals surface area (Å²) in [5.74, 6) is 1.61. The topological polar surface area (TPSA) is 50.2 Å². The van der Waals surface area contributed by atoms with E-state index < -0.39 is 0 Å². The number of rotatable bonds is 2. The van der Waals surface area contributed by atoms with Crippen LogP contribution in [0, 0.1) is 5.92 Å². The highest BCUT2D eigenvalue weighted by Crippen LogP contribution is 2.35. The fourth-order valence-corrected chi connectivity index (χ4v) is 5.59. The first-order valence-electron chi connectivity index (χ1n) is 9.02. The van der Waals surface area contributed by atoms with Crippen LogP contribution in [-0.2, 0) is 12.8 Å². The summed E-state index contributed by atoms with van der Waals surface area (Å²) in [6.07, 6.45) is 7.25. The molecule has 2 aromatic rings. The maximum Gasteiger partial charge on any atom is 0.260 e. The minimum Gasteiger partial charge on any atom is -0.326 e. The summed E-state index contributed by atoms with van der Waals surface area (Å²) in [6.45, 7) is 6.90. The van der Waals surface area contributed by atoms with Crippen LogP contribution in [0.5, 0.6) is 0 Å². The predicted molar refractivity (Wildman–Crippen MR) is 94.4 cm³/mol. The quantitative estimate of drug-likeness (QED) is 0.886. The fourth-order valence-electron chi connectivity index (χ4n) is 4.20. The highest BCUT2D eigenvalue weighted by atomic mass is 32.1. The molecule has 0 unspecified atom stereocenters. The molecule has 3 heterocycles. The van der Waals surface area contributed by atoms with Gasteiger partial charge in [-0.2, -0.15) is 0 Å². The van der Waals surface area contributed by atoms with Crippen molar-refractivity contribution in [1.82, 2.24) is 9.97 Å². The maximum absolute atomic E-state index is 12.7. The van der Waals surface area contributed by atoms with E-state index in [1.54, 1.807) is 16.2 Å². The molecule has 1 fully saturated rings. The zero-order valence-electron chi connectivity index (χ0n) is 14.1. The third-order valence-corrected chi connectivity index (χ3v) is 6.85. The lowest BCUT2D eigenvalue weighted by atomic mass is 9.89. The number of aromatic amines is 1. The van der Waals surface area contributed by atoms with Crippen LogP contribution in [0.25, 0.3) is 10.2 Å². The van der Waals surface area contributed by atoms with Crippen molar-refractivity contribution < 1.29 is 4.90 Å². The predicted octanol–water partition coefficient (Wildman–Crippen LogP) is 2.24. The van der Waals surface area contributed by atoms with Gasteiger partial charge in [0.1, 0.15) is 10.9 Å². The summed E-state index contributed by atoms with van der Waals surface area (Å²) in [7, 11) is 0. The lowest BCUT2D eigenvalue weighted by Crippen LogP contribution is -3.12. The van der Waals surface area contributed by atoms with Gasteiger partial charge in [-0.15, -0.1) is 11.3 Å². The molecular formula is C18H26N3OS+. The Hall–Kier alpha value is -1.20. The maximum atomic E-state index is 12.7. The summed E-state index contributed by atoms with van der Waals surface area (Å²) < 4.78 is 0. The smallest absolute Gasteiger partial charge is 0.260 e. The molecule has 2 aromatic heterocycles. The first kappa shape index (κ1) is 15.3. The third-order valence-electron chi connectivity index (χ3n) is 5.70. The molecule has 0 spiro atoms. The number of H-pyrrole nitrogens is 1. The standard InChI is InChI=1S/C18H25N3OS/c1-11-6-7-13-14(10-11)23-18-15(13)17(22)19-16(20-18)12(2)21-8-4-3-5-9-21/h11-12H,3-10H2,1-2H3,(H,19,20,22)/p+1/t11-,12-/m0/s1. The number of nitrogens with zero attached hydrogens (tertiary/aromatic N) is 1. The molecule has 0 amide bonds. The molecule has 1 saturated heterocycles. The molecule has 0 radical (unpaired) electrons. The number of thiophene rings is 1. The fraction of sp³-hybridized carbons (Fsp3) is 0.667. The number of hydrogen-bond donors (Lipinski definition) is 2. The Bertz CT molecular complexity index is 772. The molecule has 5 heteroatoms. The summed E-state index contributed by atoms with van der Waals surface area (Å²) in [5, 5.41) is 0.876. The van der Waals surface area contributed by atoms with E-state index in [2.05, 4.69) is 18.8 Å². The van der Waals surface area contributed by atoms with Gasteiger partial charge in [0.2, 0.25) is 0 Å². The highest BCUT2D eigenvalue weighted by Gasteiger charge is 2.27. The molecule has 0 bridgehead atoms. The Labute approximate surface area is 140 Å². The van der Waals surface area contributed by atoms with Crippen molar-refractivity contribution in [1.29, 1.82) is 0 Å². The van der Waals surface area contributed by atoms with Gasteiger partial charge >= 0.3 is 0 Å². The van der Waals surface area contributed by atoms with Gasteiger partial charge in [-0.3, -0.25) is 4.79 Å². The molecule has 0 saturated carbocycles. The van der Waals surface area contributed by atoms with E-state index in [9.17, 15) is 4.79 Å². The first-order chi connectivity index (χ1) is 11.1. The van der Waals surface area contributed by atoms with E-state index in [0.29, 0.717) is 0 Å². The van der Waals surface area contributed by atoms with Crippen LogP contribution in [0.3, 0.4) is 0 Å². The highest BCUT2D eigenvalue weighted by molar-refractivity contribution is 7.18. The van der Waals surface area contributed by atoms with E-state index in [1.165, 1.54) is 49.2 Å². The van der Waals surface area contributed by atoms with Crippen LogP contribution < -0.4 is 10.5 Å². The zero-order chi connectivity index (χ0) is 16.0. The average molecular weight is 332 g/mol. The van der Waals surface area contributed by atoms with Crippen LogP contribution in [0.1, 0.15) is 61.8 Å². The largest absolute Gasteiger partial charge is 0.326 e. The summed E-state index contributed by atoms with van der Waals surface area (Å²) in [5.41, 5.74) is 1.36. The van der Waals surface area contributed by atoms with Crippen molar-refractivity contribution >= 4 is 21.6 Å². The van der Waals surface area contributed by atoms with E-state index in [1.807, 2.05) is 0 Å². The first-order valence-corrected chi connectivity index (χ1v) is 9.84. The number of aryl methyl sites for hydroxylation is 1. The second kappa shape index (κ2) is 6.02. The van der Waals surface area contributed by atoms with Crippen LogP contribution in [0.2, 0.25) is 0 Å². The van der Waals surface area contributed by atoms with Crippen molar-refractivity contribution in [2.45, 2.75) is 58.4 Å². The minimum atomic E-state index is 0.0836. The molecular weight excluding hydrogens is 306 g/mol. The van der Waals surface area contributed by atoms with Crippen molar-refractivity contribution in [2.75, 3.05) is 13.1 Å². The summed E-state index contributed by atoms with van der Waals surface area (Å²) in [4.78, 5) is 24.6. The van der Waals surface area contributed by atoms with Gasteiger partial charge in [-0.05, 0) is 56.9 Å². The Balaban J connectivity index is 1.74. The van der Waals surface area contributed by atoms with Crippen molar-refractivity contribution in [3.05, 3.63) is 26.6 Å². The van der Waals surface area contributed by atoms with Crippen molar-refractivity contribution in [3.63, 3.8) is 0 Å². The van der Waals surface area contributed by atoms with Gasteiger partial charge in [-0.1, -0.05) is 6.92 Å². The van der Waals surface area contributed by atoms with Crippen LogP contribution in [0.15, 0.2) is 4.79 Å². The average Bonchev–Trinajstić information content (AvgIpc) is 2.92. The van der Waals surface area contributed by atoms with Gasteiger partial charge < -0.3 is 9.88 Å². The number of nitrogens with one attached hydrogen (secondary N) is 2. The molecule has 1 aliphatic carbocycles. The monoisotopic (exact) mass is 332 g/mol. The van der Waals surface area contributed by atoms with E-state index >= 15 is 0 Å². The van der Waals surface area contributed by atoms with E-state index in [0.717, 1.165) is 34.8 Å². The third kappa shape index (κ3) is 2.74. The van der Waals surface area contributed by atoms with Crippen LogP contribution in [-0.4, -0.2) is 23.1 Å². The molecule has 4 rings (SSSR count). The molecule has 0 aromatic carbocycles. The second-order valence-electron chi connectivity index (χ2n) is 7.42. The van der Waals surface area contributed by atoms with Crippen LogP contribution >= 0.6 is 11.3 Å². The van der Waals surface area contributed by atoms with Crippen LogP contribution in [0.4, 0.5) is 0 Å². The number of likely N-dealkylation sites (tertiary alicyclic amines) is 1. The molecule has 2 aliphatic rings. The SMILES string of the molecule is C[C@H]1CCc2c(sc3nc([C@H](C)[NH+]4CCCCC4)[nH]c(=O)c23)C1. The number of fused-ring (bicyclic) bond motifs is 3. The minimum absolute atomic E-state index is 0.0836. The number of aromatic nitrogens is 2. The summed E-state index contributed by atoms with van der Waals surface area (Å²) >= 11 is 1.76. The van der Waals surface area contributed by atoms with Gasteiger partial charge in [-0.25, -0.2) is 4.98 Å².